The lowest BCUT2D eigenvalue weighted by molar-refractivity contribution is 0.0634. The number of ether oxygens (including phenoxy) is 3. The fourth-order valence-electron chi connectivity index (χ4n) is 3.12. The number of halogens is 3. The number of nitrogens with zero attached hydrogens (tertiary/aromatic N) is 2. The molecule has 1 amide bonds. The summed E-state index contributed by atoms with van der Waals surface area (Å²) < 4.78 is 47.6. The number of aromatic nitrogens is 2. The average Bonchev–Trinajstić information content (AvgIpc) is 3.03. The van der Waals surface area contributed by atoms with Gasteiger partial charge < -0.3 is 18.8 Å². The second-order valence-corrected chi connectivity index (χ2v) is 16.3. The standard InChI is InChI=1S/C24H30ClF2N3O4Si/c1-24(2,3)34-23(31)29-21-17(26)11-15(12-18(21)27)33-19-7-8-28-22-20(19)16(25)13-30(22)14-32-9-10-35(4,5)6/h7-8,11-13H,9-10,14H2,1-6H3,(H,29,31). The first kappa shape index (κ1) is 26.9. The molecule has 11 heteroatoms. The number of anilines is 1. The maximum absolute atomic E-state index is 14.6. The van der Waals surface area contributed by atoms with Gasteiger partial charge in [-0.15, -0.1) is 0 Å². The lowest BCUT2D eigenvalue weighted by atomic mass is 10.2. The van der Waals surface area contributed by atoms with Crippen molar-refractivity contribution < 1.29 is 27.8 Å². The highest BCUT2D eigenvalue weighted by molar-refractivity contribution is 6.76. The molecule has 0 bridgehead atoms. The third kappa shape index (κ3) is 7.39. The number of nitrogens with one attached hydrogen (secondary N) is 1. The van der Waals surface area contributed by atoms with Crippen LogP contribution < -0.4 is 10.1 Å². The Kier molecular flexibility index (Phi) is 8.08. The van der Waals surface area contributed by atoms with Gasteiger partial charge in [-0.3, -0.25) is 5.32 Å². The fraction of sp³-hybridized carbons (Fsp3) is 0.417. The first-order chi connectivity index (χ1) is 16.2. The van der Waals surface area contributed by atoms with Gasteiger partial charge in [-0.1, -0.05) is 31.2 Å². The molecule has 0 saturated carbocycles. The first-order valence-corrected chi connectivity index (χ1v) is 15.2. The van der Waals surface area contributed by atoms with Crippen LogP contribution >= 0.6 is 11.6 Å². The summed E-state index contributed by atoms with van der Waals surface area (Å²) in [4.78, 5) is 16.3. The zero-order chi connectivity index (χ0) is 26.0. The van der Waals surface area contributed by atoms with E-state index in [1.54, 1.807) is 37.6 Å². The van der Waals surface area contributed by atoms with Crippen molar-refractivity contribution in [1.82, 2.24) is 9.55 Å². The van der Waals surface area contributed by atoms with E-state index in [0.29, 0.717) is 22.7 Å². The van der Waals surface area contributed by atoms with Crippen molar-refractivity contribution in [2.24, 2.45) is 0 Å². The largest absolute Gasteiger partial charge is 0.456 e. The van der Waals surface area contributed by atoms with Crippen molar-refractivity contribution in [3.63, 3.8) is 0 Å². The Morgan fingerprint density at radius 3 is 2.46 bits per heavy atom. The van der Waals surface area contributed by atoms with Crippen LogP contribution in [0.4, 0.5) is 19.3 Å². The molecule has 0 unspecified atom stereocenters. The summed E-state index contributed by atoms with van der Waals surface area (Å²) >= 11 is 6.43. The van der Waals surface area contributed by atoms with Gasteiger partial charge in [0.1, 0.15) is 35.2 Å². The number of hydrogen-bond acceptors (Lipinski definition) is 5. The number of hydrogen-bond donors (Lipinski definition) is 1. The Hall–Kier alpha value is -2.69. The minimum absolute atomic E-state index is 0.113. The first-order valence-electron chi connectivity index (χ1n) is 11.1. The highest BCUT2D eigenvalue weighted by Gasteiger charge is 2.21. The van der Waals surface area contributed by atoms with Crippen LogP contribution in [-0.4, -0.2) is 35.9 Å². The van der Waals surface area contributed by atoms with E-state index in [0.717, 1.165) is 18.2 Å². The van der Waals surface area contributed by atoms with Gasteiger partial charge in [-0.05, 0) is 32.9 Å². The van der Waals surface area contributed by atoms with E-state index in [9.17, 15) is 13.6 Å². The van der Waals surface area contributed by atoms with Crippen molar-refractivity contribution in [1.29, 1.82) is 0 Å². The van der Waals surface area contributed by atoms with Gasteiger partial charge in [0.2, 0.25) is 0 Å². The van der Waals surface area contributed by atoms with Crippen molar-refractivity contribution in [2.75, 3.05) is 11.9 Å². The second kappa shape index (κ2) is 10.5. The van der Waals surface area contributed by atoms with E-state index in [-0.39, 0.29) is 18.2 Å². The predicted octanol–water partition coefficient (Wildman–Crippen LogP) is 7.42. The predicted molar refractivity (Wildman–Crippen MR) is 135 cm³/mol. The summed E-state index contributed by atoms with van der Waals surface area (Å²) in [7, 11) is -1.22. The van der Waals surface area contributed by atoms with E-state index in [1.807, 2.05) is 0 Å². The van der Waals surface area contributed by atoms with Gasteiger partial charge in [-0.2, -0.15) is 0 Å². The van der Waals surface area contributed by atoms with Crippen molar-refractivity contribution >= 4 is 42.5 Å². The molecule has 0 saturated heterocycles. The molecule has 0 aliphatic carbocycles. The topological polar surface area (TPSA) is 74.6 Å². The summed E-state index contributed by atoms with van der Waals surface area (Å²) in [6, 6.07) is 4.50. The van der Waals surface area contributed by atoms with Crippen LogP contribution in [0.2, 0.25) is 30.7 Å². The lowest BCUT2D eigenvalue weighted by Gasteiger charge is -2.20. The molecule has 0 fully saturated rings. The Labute approximate surface area is 209 Å². The third-order valence-electron chi connectivity index (χ3n) is 4.77. The van der Waals surface area contributed by atoms with Gasteiger partial charge >= 0.3 is 6.09 Å². The molecule has 0 aliphatic heterocycles. The molecule has 2 aromatic heterocycles. The summed E-state index contributed by atoms with van der Waals surface area (Å²) in [5, 5.41) is 2.94. The van der Waals surface area contributed by atoms with Crippen LogP contribution in [0, 0.1) is 11.6 Å². The monoisotopic (exact) mass is 525 g/mol. The molecule has 3 aromatic rings. The Balaban J connectivity index is 1.79. The van der Waals surface area contributed by atoms with Crippen LogP contribution in [0.1, 0.15) is 20.8 Å². The fourth-order valence-corrected chi connectivity index (χ4v) is 4.18. The Morgan fingerprint density at radius 1 is 1.20 bits per heavy atom. The van der Waals surface area contributed by atoms with E-state index in [2.05, 4.69) is 29.9 Å². The SMILES string of the molecule is CC(C)(C)OC(=O)Nc1c(F)cc(Oc2ccnc3c2c(Cl)cn3COCC[Si](C)(C)C)cc1F. The third-order valence-corrected chi connectivity index (χ3v) is 6.76. The van der Waals surface area contributed by atoms with Gasteiger partial charge in [0.25, 0.3) is 0 Å². The molecule has 0 spiro atoms. The van der Waals surface area contributed by atoms with Crippen molar-refractivity contribution in [3.8, 4) is 11.5 Å². The summed E-state index contributed by atoms with van der Waals surface area (Å²) in [5.41, 5.74) is -0.933. The summed E-state index contributed by atoms with van der Waals surface area (Å²) in [6.07, 6.45) is 2.22. The number of carbonyl (C=O) groups excluding carboxylic acids is 1. The maximum atomic E-state index is 14.6. The highest BCUT2D eigenvalue weighted by Crippen LogP contribution is 2.36. The quantitative estimate of drug-likeness (QED) is 0.244. The van der Waals surface area contributed by atoms with Crippen LogP contribution in [0.3, 0.4) is 0 Å². The minimum atomic E-state index is -1.22. The molecular weight excluding hydrogens is 496 g/mol. The molecule has 1 N–H and O–H groups in total. The zero-order valence-corrected chi connectivity index (χ0v) is 22.4. The lowest BCUT2D eigenvalue weighted by Crippen LogP contribution is -2.27. The van der Waals surface area contributed by atoms with Crippen LogP contribution in [0.5, 0.6) is 11.5 Å². The van der Waals surface area contributed by atoms with Gasteiger partial charge in [-0.25, -0.2) is 18.6 Å². The van der Waals surface area contributed by atoms with E-state index < -0.39 is 37.1 Å². The molecule has 0 radical (unpaired) electrons. The number of pyridine rings is 1. The normalized spacial score (nSPS) is 12.1. The minimum Gasteiger partial charge on any atom is -0.456 e. The van der Waals surface area contributed by atoms with Crippen LogP contribution in [-0.2, 0) is 16.2 Å². The van der Waals surface area contributed by atoms with E-state index >= 15 is 0 Å². The number of amides is 1. The number of carbonyl (C=O) groups is 1. The number of fused-ring (bicyclic) bond motifs is 1. The van der Waals surface area contributed by atoms with Gasteiger partial charge in [0.15, 0.2) is 11.6 Å². The van der Waals surface area contributed by atoms with E-state index in [4.69, 9.17) is 25.8 Å². The molecule has 35 heavy (non-hydrogen) atoms. The van der Waals surface area contributed by atoms with Crippen molar-refractivity contribution in [3.05, 3.63) is 47.2 Å². The Morgan fingerprint density at radius 2 is 1.86 bits per heavy atom. The highest BCUT2D eigenvalue weighted by atomic mass is 35.5. The molecule has 7 nitrogen and oxygen atoms in total. The second-order valence-electron chi connectivity index (χ2n) is 10.3. The average molecular weight is 526 g/mol. The van der Waals surface area contributed by atoms with E-state index in [1.165, 1.54) is 6.20 Å². The molecule has 3 rings (SSSR count). The molecule has 2 heterocycles. The van der Waals surface area contributed by atoms with Crippen LogP contribution in [0.25, 0.3) is 11.0 Å². The molecule has 1 aromatic carbocycles. The molecule has 190 valence electrons. The molecule has 0 aliphatic rings. The number of rotatable bonds is 8. The number of benzene rings is 1. The van der Waals surface area contributed by atoms with Gasteiger partial charge in [0.05, 0.1) is 10.4 Å². The van der Waals surface area contributed by atoms with Crippen molar-refractivity contribution in [2.45, 2.75) is 58.8 Å². The zero-order valence-electron chi connectivity index (χ0n) is 20.7. The Bertz CT molecular complexity index is 1200. The van der Waals surface area contributed by atoms with Gasteiger partial charge in [0, 0.05) is 39.2 Å². The van der Waals surface area contributed by atoms with Crippen LogP contribution in [0.15, 0.2) is 30.6 Å². The molecule has 0 atom stereocenters. The maximum Gasteiger partial charge on any atom is 0.412 e. The smallest absolute Gasteiger partial charge is 0.412 e. The summed E-state index contributed by atoms with van der Waals surface area (Å²) in [5.74, 6) is -1.88. The molecular formula is C24H30ClF2N3O4Si. The summed E-state index contributed by atoms with van der Waals surface area (Å²) in [6.45, 7) is 12.6.